The fourth-order valence-electron chi connectivity index (χ4n) is 2.54. The molecule has 0 bridgehead atoms. The molecule has 0 atom stereocenters. The van der Waals surface area contributed by atoms with Crippen LogP contribution in [0.25, 0.3) is 0 Å². The van der Waals surface area contributed by atoms with Gasteiger partial charge in [0.1, 0.15) is 11.5 Å². The summed E-state index contributed by atoms with van der Waals surface area (Å²) in [6.07, 6.45) is 4.96. The van der Waals surface area contributed by atoms with E-state index in [0.717, 1.165) is 6.42 Å². The number of rotatable bonds is 5. The maximum Gasteiger partial charge on any atom is 0.255 e. The molecule has 0 aliphatic heterocycles. The van der Waals surface area contributed by atoms with Crippen LogP contribution < -0.4 is 15.2 Å². The van der Waals surface area contributed by atoms with E-state index in [1.807, 2.05) is 24.3 Å². The number of para-hydroxylation sites is 1. The minimum atomic E-state index is -3.84. The van der Waals surface area contributed by atoms with Gasteiger partial charge in [-0.2, -0.15) is 0 Å². The monoisotopic (exact) mass is 370 g/mol. The second-order valence-electron chi connectivity index (χ2n) is 5.73. The number of hydrogen-bond acceptors (Lipinski definition) is 4. The third-order valence-electron chi connectivity index (χ3n) is 3.79. The fraction of sp³-hybridized carbons (Fsp3) is 0.105. The van der Waals surface area contributed by atoms with Crippen molar-refractivity contribution in [3.8, 4) is 5.75 Å². The van der Waals surface area contributed by atoms with E-state index in [-0.39, 0.29) is 10.8 Å². The highest BCUT2D eigenvalue weighted by Crippen LogP contribution is 2.24. The first-order chi connectivity index (χ1) is 12.4. The van der Waals surface area contributed by atoms with E-state index in [0.29, 0.717) is 29.2 Å². The Balaban J connectivity index is 1.84. The van der Waals surface area contributed by atoms with E-state index in [9.17, 15) is 13.2 Å². The molecule has 0 saturated carbocycles. The highest BCUT2D eigenvalue weighted by atomic mass is 32.2. The normalized spacial score (nSPS) is 14.2. The number of carbonyl (C=O) groups excluding carboxylic acids is 1. The first kappa shape index (κ1) is 17.9. The standard InChI is InChI=1S/C19H18N2O4S/c20-26(23,24)16-10-6-7-14(13-16)21-19(22)17-11-4-5-12-18(17)25-15-8-2-1-3-9-15/h1-3,5-10,12-13H,4,11H2,(H,21,22)(H2,20,23,24). The molecule has 7 heteroatoms. The third-order valence-corrected chi connectivity index (χ3v) is 4.70. The average molecular weight is 370 g/mol. The summed E-state index contributed by atoms with van der Waals surface area (Å²) in [4.78, 5) is 12.6. The molecule has 3 rings (SSSR count). The van der Waals surface area contributed by atoms with Crippen molar-refractivity contribution in [1.29, 1.82) is 0 Å². The van der Waals surface area contributed by atoms with Crippen molar-refractivity contribution >= 4 is 21.6 Å². The molecule has 0 saturated heterocycles. The van der Waals surface area contributed by atoms with Gasteiger partial charge in [-0.25, -0.2) is 13.6 Å². The number of amides is 1. The van der Waals surface area contributed by atoms with Gasteiger partial charge in [0.25, 0.3) is 5.91 Å². The second-order valence-corrected chi connectivity index (χ2v) is 7.29. The molecule has 0 unspecified atom stereocenters. The molecule has 0 spiro atoms. The summed E-state index contributed by atoms with van der Waals surface area (Å²) in [5.74, 6) is 0.768. The summed E-state index contributed by atoms with van der Waals surface area (Å²) in [5, 5.41) is 7.84. The van der Waals surface area contributed by atoms with Gasteiger partial charge in [-0.3, -0.25) is 4.79 Å². The molecule has 0 radical (unpaired) electrons. The molecular formula is C19H18N2O4S. The zero-order valence-electron chi connectivity index (χ0n) is 13.9. The van der Waals surface area contributed by atoms with Crippen LogP contribution in [0.2, 0.25) is 0 Å². The zero-order chi connectivity index (χ0) is 18.6. The van der Waals surface area contributed by atoms with Crippen molar-refractivity contribution in [2.75, 3.05) is 5.32 Å². The van der Waals surface area contributed by atoms with Crippen LogP contribution >= 0.6 is 0 Å². The second kappa shape index (κ2) is 7.55. The lowest BCUT2D eigenvalue weighted by Gasteiger charge is -2.16. The Hall–Kier alpha value is -2.90. The number of sulfonamides is 1. The summed E-state index contributed by atoms with van der Waals surface area (Å²) in [6.45, 7) is 0. The van der Waals surface area contributed by atoms with E-state index in [1.165, 1.54) is 18.2 Å². The molecule has 1 amide bonds. The Morgan fingerprint density at radius 3 is 2.58 bits per heavy atom. The molecule has 1 aliphatic rings. The number of carbonyl (C=O) groups is 1. The number of allylic oxidation sites excluding steroid dienone is 2. The number of ether oxygens (including phenoxy) is 1. The largest absolute Gasteiger partial charge is 0.457 e. The van der Waals surface area contributed by atoms with Gasteiger partial charge >= 0.3 is 0 Å². The predicted octanol–water partition coefficient (Wildman–Crippen LogP) is 2.96. The van der Waals surface area contributed by atoms with E-state index in [1.54, 1.807) is 24.3 Å². The van der Waals surface area contributed by atoms with Gasteiger partial charge in [-0.1, -0.05) is 30.3 Å². The molecule has 2 aromatic rings. The zero-order valence-corrected chi connectivity index (χ0v) is 14.7. The first-order valence-electron chi connectivity index (χ1n) is 8.00. The average Bonchev–Trinajstić information content (AvgIpc) is 2.62. The van der Waals surface area contributed by atoms with Crippen LogP contribution in [0.3, 0.4) is 0 Å². The Bertz CT molecular complexity index is 980. The number of nitrogens with two attached hydrogens (primary N) is 1. The Labute approximate surface area is 152 Å². The molecule has 26 heavy (non-hydrogen) atoms. The maximum atomic E-state index is 12.7. The van der Waals surface area contributed by atoms with Crippen molar-refractivity contribution in [2.24, 2.45) is 5.14 Å². The molecule has 0 aromatic heterocycles. The minimum Gasteiger partial charge on any atom is -0.457 e. The first-order valence-corrected chi connectivity index (χ1v) is 9.55. The Morgan fingerprint density at radius 2 is 1.85 bits per heavy atom. The quantitative estimate of drug-likeness (QED) is 0.845. The van der Waals surface area contributed by atoms with E-state index >= 15 is 0 Å². The highest BCUT2D eigenvalue weighted by molar-refractivity contribution is 7.89. The fourth-order valence-corrected chi connectivity index (χ4v) is 3.10. The number of nitrogens with one attached hydrogen (secondary N) is 1. The van der Waals surface area contributed by atoms with Gasteiger partial charge in [0, 0.05) is 5.69 Å². The maximum absolute atomic E-state index is 12.7. The van der Waals surface area contributed by atoms with Gasteiger partial charge in [0.2, 0.25) is 10.0 Å². The predicted molar refractivity (Wildman–Crippen MR) is 98.9 cm³/mol. The van der Waals surface area contributed by atoms with Crippen LogP contribution in [0, 0.1) is 0 Å². The van der Waals surface area contributed by atoms with E-state index in [2.05, 4.69) is 5.32 Å². The lowest BCUT2D eigenvalue weighted by atomic mass is 10.0. The van der Waals surface area contributed by atoms with Crippen molar-refractivity contribution in [3.63, 3.8) is 0 Å². The summed E-state index contributed by atoms with van der Waals surface area (Å²) in [6, 6.07) is 15.0. The van der Waals surface area contributed by atoms with Crippen molar-refractivity contribution in [1.82, 2.24) is 0 Å². The summed E-state index contributed by atoms with van der Waals surface area (Å²) in [5.41, 5.74) is 0.847. The molecule has 2 aromatic carbocycles. The van der Waals surface area contributed by atoms with Crippen molar-refractivity contribution < 1.29 is 17.9 Å². The summed E-state index contributed by atoms with van der Waals surface area (Å²) >= 11 is 0. The van der Waals surface area contributed by atoms with Crippen molar-refractivity contribution in [2.45, 2.75) is 17.7 Å². The van der Waals surface area contributed by atoms with Crippen molar-refractivity contribution in [3.05, 3.63) is 78.1 Å². The molecule has 134 valence electrons. The third kappa shape index (κ3) is 4.38. The van der Waals surface area contributed by atoms with Gasteiger partial charge < -0.3 is 10.1 Å². The molecule has 3 N–H and O–H groups in total. The smallest absolute Gasteiger partial charge is 0.255 e. The van der Waals surface area contributed by atoms with E-state index < -0.39 is 10.0 Å². The van der Waals surface area contributed by atoms with E-state index in [4.69, 9.17) is 9.88 Å². The highest BCUT2D eigenvalue weighted by Gasteiger charge is 2.19. The SMILES string of the molecule is NS(=O)(=O)c1cccc(NC(=O)C2=C(Oc3ccccc3)C=CCC2)c1. The number of benzene rings is 2. The van der Waals surface area contributed by atoms with Gasteiger partial charge in [-0.15, -0.1) is 0 Å². The molecule has 0 fully saturated rings. The number of primary sulfonamides is 1. The number of anilines is 1. The number of hydrogen-bond donors (Lipinski definition) is 2. The van der Waals surface area contributed by atoms with Crippen LogP contribution in [0.15, 0.2) is 83.0 Å². The van der Waals surface area contributed by atoms with Crippen LogP contribution in [0.1, 0.15) is 12.8 Å². The molecule has 6 nitrogen and oxygen atoms in total. The molecular weight excluding hydrogens is 352 g/mol. The van der Waals surface area contributed by atoms with Gasteiger partial charge in [0.15, 0.2) is 0 Å². The Morgan fingerprint density at radius 1 is 1.08 bits per heavy atom. The molecule has 0 heterocycles. The molecule has 1 aliphatic carbocycles. The van der Waals surface area contributed by atoms with Crippen LogP contribution in [-0.4, -0.2) is 14.3 Å². The topological polar surface area (TPSA) is 98.5 Å². The Kier molecular flexibility index (Phi) is 5.20. The summed E-state index contributed by atoms with van der Waals surface area (Å²) < 4.78 is 28.7. The lowest BCUT2D eigenvalue weighted by Crippen LogP contribution is -2.19. The van der Waals surface area contributed by atoms with Gasteiger partial charge in [0.05, 0.1) is 10.5 Å². The van der Waals surface area contributed by atoms with Crippen LogP contribution in [0.4, 0.5) is 5.69 Å². The van der Waals surface area contributed by atoms with Gasteiger partial charge in [-0.05, 0) is 49.2 Å². The summed E-state index contributed by atoms with van der Waals surface area (Å²) in [7, 11) is -3.84. The van der Waals surface area contributed by atoms with Crippen LogP contribution in [0.5, 0.6) is 5.75 Å². The van der Waals surface area contributed by atoms with Crippen LogP contribution in [-0.2, 0) is 14.8 Å². The minimum absolute atomic E-state index is 0.0615. The lowest BCUT2D eigenvalue weighted by molar-refractivity contribution is -0.113.